The molecular weight excluding hydrogens is 448 g/mol. The van der Waals surface area contributed by atoms with E-state index in [1.54, 1.807) is 24.4 Å². The molecule has 2 rings (SSSR count). The van der Waals surface area contributed by atoms with E-state index >= 15 is 0 Å². The molecule has 140 valence electrons. The molecule has 0 atom stereocenters. The summed E-state index contributed by atoms with van der Waals surface area (Å²) in [5.41, 5.74) is 0.376. The zero-order valence-electron chi connectivity index (χ0n) is 13.6. The number of esters is 2. The standard InChI is InChI=1S/C15H15BrN2O6S2/c1-2-23-15(20)14-18-11(9-25-14)8-24-13(19)7-17-26(21,22)12-5-3-4-10(16)6-12/h3-6,9,17H,2,7-8H2,1H3. The van der Waals surface area contributed by atoms with Crippen molar-refractivity contribution in [1.29, 1.82) is 0 Å². The minimum absolute atomic E-state index is 0.0262. The maximum atomic E-state index is 12.1. The summed E-state index contributed by atoms with van der Waals surface area (Å²) >= 11 is 4.26. The Morgan fingerprint density at radius 3 is 2.77 bits per heavy atom. The fraction of sp³-hybridized carbons (Fsp3) is 0.267. The molecule has 0 aliphatic heterocycles. The van der Waals surface area contributed by atoms with Crippen molar-refractivity contribution in [3.63, 3.8) is 0 Å². The van der Waals surface area contributed by atoms with E-state index in [0.717, 1.165) is 11.3 Å². The lowest BCUT2D eigenvalue weighted by Crippen LogP contribution is -2.30. The number of ether oxygens (including phenoxy) is 2. The van der Waals surface area contributed by atoms with Gasteiger partial charge in [0.05, 0.1) is 17.2 Å². The van der Waals surface area contributed by atoms with E-state index in [1.165, 1.54) is 12.1 Å². The van der Waals surface area contributed by atoms with Gasteiger partial charge in [0.1, 0.15) is 13.2 Å². The summed E-state index contributed by atoms with van der Waals surface area (Å²) in [6.07, 6.45) is 0. The van der Waals surface area contributed by atoms with Crippen molar-refractivity contribution in [3.8, 4) is 0 Å². The maximum absolute atomic E-state index is 12.1. The number of nitrogens with zero attached hydrogens (tertiary/aromatic N) is 1. The quantitative estimate of drug-likeness (QED) is 0.597. The van der Waals surface area contributed by atoms with Crippen LogP contribution in [0.1, 0.15) is 22.4 Å². The summed E-state index contributed by atoms with van der Waals surface area (Å²) in [6, 6.07) is 6.08. The number of hydrogen-bond donors (Lipinski definition) is 1. The Morgan fingerprint density at radius 2 is 2.08 bits per heavy atom. The number of carbonyl (C=O) groups excluding carboxylic acids is 2. The molecule has 0 saturated heterocycles. The van der Waals surface area contributed by atoms with Gasteiger partial charge in [-0.05, 0) is 25.1 Å². The second-order valence-electron chi connectivity index (χ2n) is 4.81. The highest BCUT2D eigenvalue weighted by Crippen LogP contribution is 2.16. The molecule has 0 amide bonds. The number of hydrogen-bond acceptors (Lipinski definition) is 8. The number of rotatable bonds is 8. The van der Waals surface area contributed by atoms with Gasteiger partial charge in [-0.2, -0.15) is 4.72 Å². The largest absolute Gasteiger partial charge is 0.461 e. The van der Waals surface area contributed by atoms with E-state index in [0.29, 0.717) is 10.2 Å². The lowest BCUT2D eigenvalue weighted by atomic mass is 10.4. The third-order valence-electron chi connectivity index (χ3n) is 2.90. The summed E-state index contributed by atoms with van der Waals surface area (Å²) in [5.74, 6) is -1.31. The Morgan fingerprint density at radius 1 is 1.31 bits per heavy atom. The SMILES string of the molecule is CCOC(=O)c1nc(COC(=O)CNS(=O)(=O)c2cccc(Br)c2)cs1. The Hall–Kier alpha value is -1.82. The van der Waals surface area contributed by atoms with E-state index in [2.05, 4.69) is 25.6 Å². The summed E-state index contributed by atoms with van der Waals surface area (Å²) < 4.78 is 36.7. The predicted molar refractivity (Wildman–Crippen MR) is 97.2 cm³/mol. The number of halogens is 1. The van der Waals surface area contributed by atoms with Crippen molar-refractivity contribution in [3.05, 3.63) is 44.8 Å². The highest BCUT2D eigenvalue weighted by Gasteiger charge is 2.17. The van der Waals surface area contributed by atoms with Crippen LogP contribution in [-0.2, 0) is 30.9 Å². The minimum atomic E-state index is -3.83. The normalized spacial score (nSPS) is 11.2. The van der Waals surface area contributed by atoms with Gasteiger partial charge in [0.25, 0.3) is 0 Å². The number of benzene rings is 1. The number of sulfonamides is 1. The zero-order chi connectivity index (χ0) is 19.2. The van der Waals surface area contributed by atoms with Crippen LogP contribution in [0.5, 0.6) is 0 Å². The molecule has 8 nitrogen and oxygen atoms in total. The fourth-order valence-electron chi connectivity index (χ4n) is 1.74. The Balaban J connectivity index is 1.85. The molecule has 1 heterocycles. The van der Waals surface area contributed by atoms with Crippen LogP contribution in [0, 0.1) is 0 Å². The highest BCUT2D eigenvalue weighted by molar-refractivity contribution is 9.10. The number of aromatic nitrogens is 1. The number of thiazole rings is 1. The van der Waals surface area contributed by atoms with E-state index in [4.69, 9.17) is 9.47 Å². The van der Waals surface area contributed by atoms with Gasteiger partial charge in [0, 0.05) is 9.85 Å². The average molecular weight is 463 g/mol. The van der Waals surface area contributed by atoms with Crippen LogP contribution in [0.2, 0.25) is 0 Å². The topological polar surface area (TPSA) is 112 Å². The van der Waals surface area contributed by atoms with Crippen LogP contribution in [0.25, 0.3) is 0 Å². The first kappa shape index (κ1) is 20.5. The van der Waals surface area contributed by atoms with Crippen molar-refractivity contribution in [1.82, 2.24) is 9.71 Å². The van der Waals surface area contributed by atoms with Gasteiger partial charge in [0.15, 0.2) is 0 Å². The number of carbonyl (C=O) groups is 2. The summed E-state index contributed by atoms with van der Waals surface area (Å²) in [7, 11) is -3.83. The van der Waals surface area contributed by atoms with Crippen molar-refractivity contribution in [2.45, 2.75) is 18.4 Å². The molecule has 1 aromatic heterocycles. The van der Waals surface area contributed by atoms with Gasteiger partial charge >= 0.3 is 11.9 Å². The van der Waals surface area contributed by atoms with Crippen molar-refractivity contribution >= 4 is 49.2 Å². The molecule has 0 fully saturated rings. The highest BCUT2D eigenvalue weighted by atomic mass is 79.9. The molecule has 0 aliphatic carbocycles. The molecule has 1 aromatic carbocycles. The second kappa shape index (κ2) is 9.21. The van der Waals surface area contributed by atoms with Gasteiger partial charge in [-0.25, -0.2) is 18.2 Å². The molecule has 0 unspecified atom stereocenters. The predicted octanol–water partition coefficient (Wildman–Crippen LogP) is 2.10. The fourth-order valence-corrected chi connectivity index (χ4v) is 4.00. The molecule has 1 N–H and O–H groups in total. The first-order valence-corrected chi connectivity index (χ1v) is 10.5. The minimum Gasteiger partial charge on any atom is -0.461 e. The maximum Gasteiger partial charge on any atom is 0.367 e. The third-order valence-corrected chi connectivity index (χ3v) is 5.66. The van der Waals surface area contributed by atoms with E-state index in [-0.39, 0.29) is 23.1 Å². The molecule has 0 saturated carbocycles. The van der Waals surface area contributed by atoms with Crippen molar-refractivity contribution in [2.24, 2.45) is 0 Å². The van der Waals surface area contributed by atoms with Crippen LogP contribution < -0.4 is 4.72 Å². The first-order chi connectivity index (χ1) is 12.3. The van der Waals surface area contributed by atoms with Gasteiger partial charge in [-0.1, -0.05) is 22.0 Å². The third kappa shape index (κ3) is 5.87. The zero-order valence-corrected chi connectivity index (χ0v) is 16.8. The van der Waals surface area contributed by atoms with Crippen molar-refractivity contribution < 1.29 is 27.5 Å². The molecule has 2 aromatic rings. The molecule has 0 radical (unpaired) electrons. The Labute approximate surface area is 162 Å². The molecular formula is C15H15BrN2O6S2. The molecule has 0 bridgehead atoms. The summed E-state index contributed by atoms with van der Waals surface area (Å²) in [5, 5.41) is 1.72. The molecule has 11 heteroatoms. The van der Waals surface area contributed by atoms with Gasteiger partial charge in [-0.15, -0.1) is 11.3 Å². The van der Waals surface area contributed by atoms with E-state index < -0.39 is 28.5 Å². The monoisotopic (exact) mass is 462 g/mol. The second-order valence-corrected chi connectivity index (χ2v) is 8.35. The van der Waals surface area contributed by atoms with Gasteiger partial charge < -0.3 is 9.47 Å². The lowest BCUT2D eigenvalue weighted by Gasteiger charge is -2.07. The Bertz CT molecular complexity index is 897. The van der Waals surface area contributed by atoms with Gasteiger partial charge in [-0.3, -0.25) is 4.79 Å². The van der Waals surface area contributed by atoms with E-state index in [9.17, 15) is 18.0 Å². The average Bonchev–Trinajstić information content (AvgIpc) is 3.08. The summed E-state index contributed by atoms with van der Waals surface area (Å²) in [4.78, 5) is 27.3. The smallest absolute Gasteiger partial charge is 0.367 e. The van der Waals surface area contributed by atoms with Crippen LogP contribution >= 0.6 is 27.3 Å². The Kier molecular flexibility index (Phi) is 7.26. The van der Waals surface area contributed by atoms with Crippen LogP contribution in [0.3, 0.4) is 0 Å². The number of nitrogens with one attached hydrogen (secondary N) is 1. The lowest BCUT2D eigenvalue weighted by molar-refractivity contribution is -0.143. The van der Waals surface area contributed by atoms with Crippen LogP contribution in [0.15, 0.2) is 39.0 Å². The molecule has 0 aliphatic rings. The summed E-state index contributed by atoms with van der Waals surface area (Å²) in [6.45, 7) is 1.22. The van der Waals surface area contributed by atoms with Crippen LogP contribution in [0.4, 0.5) is 0 Å². The van der Waals surface area contributed by atoms with E-state index in [1.807, 2.05) is 0 Å². The molecule has 26 heavy (non-hydrogen) atoms. The first-order valence-electron chi connectivity index (χ1n) is 7.34. The van der Waals surface area contributed by atoms with Gasteiger partial charge in [0.2, 0.25) is 15.0 Å². The van der Waals surface area contributed by atoms with Crippen molar-refractivity contribution in [2.75, 3.05) is 13.2 Å². The molecule has 0 spiro atoms. The van der Waals surface area contributed by atoms with Crippen LogP contribution in [-0.4, -0.2) is 38.5 Å².